The minimum atomic E-state index is -3.87. The second-order valence-corrected chi connectivity index (χ2v) is 15.5. The summed E-state index contributed by atoms with van der Waals surface area (Å²) in [6.07, 6.45) is 1.93. The Balaban J connectivity index is 2.14. The number of allylic oxidation sites excluding steroid dienone is 1. The van der Waals surface area contributed by atoms with Gasteiger partial charge in [0.05, 0.1) is 26.2 Å². The Morgan fingerprint density at radius 3 is 2.21 bits per heavy atom. The Bertz CT molecular complexity index is 871. The van der Waals surface area contributed by atoms with Crippen LogP contribution in [0.1, 0.15) is 17.5 Å². The first kappa shape index (κ1) is 23.5. The maximum atomic E-state index is 12.8. The van der Waals surface area contributed by atoms with Crippen molar-refractivity contribution in [3.8, 4) is 0 Å². The highest BCUT2D eigenvalue weighted by molar-refractivity contribution is 7.86. The van der Waals surface area contributed by atoms with Gasteiger partial charge in [0.1, 0.15) is 6.10 Å². The minimum Gasteiger partial charge on any atom is -0.374 e. The molecule has 2 unspecified atom stereocenters. The van der Waals surface area contributed by atoms with E-state index in [4.69, 9.17) is 8.92 Å². The van der Waals surface area contributed by atoms with E-state index >= 15 is 0 Å². The van der Waals surface area contributed by atoms with Gasteiger partial charge >= 0.3 is 0 Å². The normalized spacial score (nSPS) is 14.3. The van der Waals surface area contributed by atoms with Crippen LogP contribution in [0.3, 0.4) is 0 Å². The van der Waals surface area contributed by atoms with Crippen molar-refractivity contribution >= 4 is 18.2 Å². The molecule has 2 rings (SSSR count). The third-order valence-electron chi connectivity index (χ3n) is 4.90. The van der Waals surface area contributed by atoms with Gasteiger partial charge in [-0.3, -0.25) is 4.18 Å². The summed E-state index contributed by atoms with van der Waals surface area (Å²) < 4.78 is 37.1. The molecule has 0 aliphatic rings. The van der Waals surface area contributed by atoms with Crippen LogP contribution in [0.25, 0.3) is 0 Å². The van der Waals surface area contributed by atoms with Gasteiger partial charge in [-0.1, -0.05) is 73.7 Å². The van der Waals surface area contributed by atoms with Gasteiger partial charge in [-0.2, -0.15) is 8.42 Å². The van der Waals surface area contributed by atoms with E-state index in [0.29, 0.717) is 13.0 Å². The lowest BCUT2D eigenvalue weighted by Gasteiger charge is -2.29. The second-order valence-electron chi connectivity index (χ2n) is 8.43. The molecule has 0 aliphatic heterocycles. The summed E-state index contributed by atoms with van der Waals surface area (Å²) in [6, 6.07) is 16.5. The Morgan fingerprint density at radius 1 is 1.03 bits per heavy atom. The maximum Gasteiger partial charge on any atom is 0.297 e. The molecule has 2 atom stereocenters. The van der Waals surface area contributed by atoms with Gasteiger partial charge < -0.3 is 4.74 Å². The summed E-state index contributed by atoms with van der Waals surface area (Å²) in [5.74, 6) is 0. The zero-order valence-corrected chi connectivity index (χ0v) is 19.6. The second kappa shape index (κ2) is 10.3. The quantitative estimate of drug-likeness (QED) is 0.265. The van der Waals surface area contributed by atoms with Crippen LogP contribution in [-0.2, 0) is 25.6 Å². The third kappa shape index (κ3) is 7.55. The molecule has 2 aromatic carbocycles. The van der Waals surface area contributed by atoms with E-state index in [1.807, 2.05) is 43.3 Å². The molecule has 0 saturated carbocycles. The third-order valence-corrected chi connectivity index (χ3v) is 8.97. The summed E-state index contributed by atoms with van der Waals surface area (Å²) in [4.78, 5) is 0.166. The molecule has 29 heavy (non-hydrogen) atoms. The summed E-state index contributed by atoms with van der Waals surface area (Å²) in [5, 5.41) is 0. The topological polar surface area (TPSA) is 52.6 Å². The number of benzene rings is 2. The van der Waals surface area contributed by atoms with Gasteiger partial charge in [0.15, 0.2) is 0 Å². The molecule has 0 saturated heterocycles. The van der Waals surface area contributed by atoms with Crippen LogP contribution in [0.15, 0.2) is 72.1 Å². The molecule has 158 valence electrons. The molecule has 4 nitrogen and oxygen atoms in total. The van der Waals surface area contributed by atoms with Gasteiger partial charge in [0.2, 0.25) is 0 Å². The van der Waals surface area contributed by atoms with Crippen molar-refractivity contribution in [1.82, 2.24) is 0 Å². The zero-order chi connectivity index (χ0) is 21.5. The summed E-state index contributed by atoms with van der Waals surface area (Å²) in [6.45, 7) is 13.2. The molecule has 0 amide bonds. The fraction of sp³-hybridized carbons (Fsp3) is 0.391. The van der Waals surface area contributed by atoms with Gasteiger partial charge in [0.25, 0.3) is 10.1 Å². The summed E-state index contributed by atoms with van der Waals surface area (Å²) in [5.41, 5.74) is 2.26. The van der Waals surface area contributed by atoms with E-state index < -0.39 is 24.3 Å². The number of hydrogen-bond acceptors (Lipinski definition) is 4. The lowest BCUT2D eigenvalue weighted by Crippen LogP contribution is -2.33. The van der Waals surface area contributed by atoms with Crippen LogP contribution < -0.4 is 0 Å². The van der Waals surface area contributed by atoms with Crippen molar-refractivity contribution in [3.63, 3.8) is 0 Å². The van der Waals surface area contributed by atoms with Crippen molar-refractivity contribution < 1.29 is 17.3 Å². The van der Waals surface area contributed by atoms with Crippen molar-refractivity contribution in [2.45, 2.75) is 56.1 Å². The molecule has 0 N–H and O–H groups in total. The maximum absolute atomic E-state index is 12.8. The van der Waals surface area contributed by atoms with Gasteiger partial charge in [-0.05, 0) is 36.6 Å². The van der Waals surface area contributed by atoms with Gasteiger partial charge in [-0.25, -0.2) is 0 Å². The first-order chi connectivity index (χ1) is 13.6. The highest BCUT2D eigenvalue weighted by atomic mass is 32.2. The molecule has 0 heterocycles. The van der Waals surface area contributed by atoms with Crippen molar-refractivity contribution in [3.05, 3.63) is 78.4 Å². The average Bonchev–Trinajstić information content (AvgIpc) is 2.66. The smallest absolute Gasteiger partial charge is 0.297 e. The Kier molecular flexibility index (Phi) is 8.40. The summed E-state index contributed by atoms with van der Waals surface area (Å²) >= 11 is 0. The fourth-order valence-electron chi connectivity index (χ4n) is 3.04. The molecule has 0 spiro atoms. The number of rotatable bonds is 11. The first-order valence-corrected chi connectivity index (χ1v) is 14.8. The van der Waals surface area contributed by atoms with Gasteiger partial charge in [0, 0.05) is 0 Å². The number of ether oxygens (including phenoxy) is 1. The van der Waals surface area contributed by atoms with E-state index in [0.717, 1.165) is 11.1 Å². The van der Waals surface area contributed by atoms with Crippen LogP contribution in [0.5, 0.6) is 0 Å². The monoisotopic (exact) mass is 432 g/mol. The molecule has 0 fully saturated rings. The Labute approximate surface area is 176 Å². The van der Waals surface area contributed by atoms with Crippen molar-refractivity contribution in [2.75, 3.05) is 6.61 Å². The standard InChI is InChI=1S/C23H32O4SSi/c1-6-23(29(3,4)5)16-21(18-26-17-20-10-8-7-9-11-20)27-28(24,25)22-14-12-19(2)13-15-22/h6-15,21,23H,1,16-18H2,2-5H3. The predicted molar refractivity (Wildman–Crippen MR) is 121 cm³/mol. The zero-order valence-electron chi connectivity index (χ0n) is 17.8. The van der Waals surface area contributed by atoms with E-state index in [1.54, 1.807) is 24.3 Å². The van der Waals surface area contributed by atoms with Crippen LogP contribution >= 0.6 is 0 Å². The lowest BCUT2D eigenvalue weighted by atomic mass is 10.2. The molecule has 6 heteroatoms. The Morgan fingerprint density at radius 2 is 1.66 bits per heavy atom. The van der Waals surface area contributed by atoms with E-state index in [9.17, 15) is 8.42 Å². The van der Waals surface area contributed by atoms with E-state index in [-0.39, 0.29) is 17.0 Å². The largest absolute Gasteiger partial charge is 0.374 e. The highest BCUT2D eigenvalue weighted by Crippen LogP contribution is 2.30. The SMILES string of the molecule is C=CC(CC(COCc1ccccc1)OS(=O)(=O)c1ccc(C)cc1)[Si](C)(C)C. The molecule has 0 aromatic heterocycles. The Hall–Kier alpha value is -1.73. The molecule has 0 bridgehead atoms. The fourth-order valence-corrected chi connectivity index (χ4v) is 5.79. The molecular weight excluding hydrogens is 400 g/mol. The van der Waals surface area contributed by atoms with E-state index in [2.05, 4.69) is 26.2 Å². The van der Waals surface area contributed by atoms with Crippen LogP contribution in [0.4, 0.5) is 0 Å². The average molecular weight is 433 g/mol. The number of hydrogen-bond donors (Lipinski definition) is 0. The highest BCUT2D eigenvalue weighted by Gasteiger charge is 2.30. The summed E-state index contributed by atoms with van der Waals surface area (Å²) in [7, 11) is -5.43. The minimum absolute atomic E-state index is 0.166. The number of aryl methyl sites for hydroxylation is 1. The van der Waals surface area contributed by atoms with Crippen LogP contribution in [0.2, 0.25) is 25.2 Å². The lowest BCUT2D eigenvalue weighted by molar-refractivity contribution is 0.0406. The van der Waals surface area contributed by atoms with Crippen LogP contribution in [0, 0.1) is 6.92 Å². The van der Waals surface area contributed by atoms with Crippen molar-refractivity contribution in [2.24, 2.45) is 0 Å². The van der Waals surface area contributed by atoms with Crippen LogP contribution in [-0.4, -0.2) is 29.2 Å². The molecule has 0 aliphatic carbocycles. The van der Waals surface area contributed by atoms with Gasteiger partial charge in [-0.15, -0.1) is 6.58 Å². The molecule has 2 aromatic rings. The predicted octanol–water partition coefficient (Wildman–Crippen LogP) is 5.57. The molecule has 0 radical (unpaired) electrons. The first-order valence-electron chi connectivity index (χ1n) is 9.86. The van der Waals surface area contributed by atoms with E-state index in [1.165, 1.54) is 0 Å². The molecular formula is C23H32O4SSi. The van der Waals surface area contributed by atoms with Crippen molar-refractivity contribution in [1.29, 1.82) is 0 Å².